The molecule has 0 aromatic heterocycles. The van der Waals surface area contributed by atoms with Gasteiger partial charge in [-0.05, 0) is 32.4 Å². The Morgan fingerprint density at radius 2 is 1.94 bits per heavy atom. The van der Waals surface area contributed by atoms with Crippen LogP contribution in [0.2, 0.25) is 0 Å². The second-order valence-corrected chi connectivity index (χ2v) is 5.26. The molecule has 0 radical (unpaired) electrons. The van der Waals surface area contributed by atoms with Crippen molar-refractivity contribution >= 4 is 0 Å². The van der Waals surface area contributed by atoms with E-state index in [-0.39, 0.29) is 18.4 Å². The first-order chi connectivity index (χ1) is 7.89. The lowest BCUT2D eigenvalue weighted by atomic mass is 9.93. The second kappa shape index (κ2) is 4.74. The molecule has 17 heavy (non-hydrogen) atoms. The molecule has 2 heterocycles. The molecule has 1 unspecified atom stereocenters. The Morgan fingerprint density at radius 1 is 1.29 bits per heavy atom. The van der Waals surface area contributed by atoms with E-state index in [4.69, 9.17) is 10.5 Å². The Bertz CT molecular complexity index is 256. The van der Waals surface area contributed by atoms with Crippen molar-refractivity contribution in [3.63, 3.8) is 0 Å². The van der Waals surface area contributed by atoms with Crippen LogP contribution in [0.3, 0.4) is 0 Å². The van der Waals surface area contributed by atoms with Crippen LogP contribution >= 0.6 is 0 Å². The predicted octanol–water partition coefficient (Wildman–Crippen LogP) is 1.38. The Morgan fingerprint density at radius 3 is 2.41 bits per heavy atom. The van der Waals surface area contributed by atoms with E-state index >= 15 is 0 Å². The van der Waals surface area contributed by atoms with E-state index in [1.165, 1.54) is 0 Å². The molecule has 0 amide bonds. The molecule has 0 bridgehead atoms. The number of likely N-dealkylation sites (tertiary alicyclic amines) is 1. The van der Waals surface area contributed by atoms with Crippen LogP contribution < -0.4 is 5.73 Å². The molecule has 0 aliphatic carbocycles. The lowest BCUT2D eigenvalue weighted by molar-refractivity contribution is -0.185. The smallest absolute Gasteiger partial charge is 0.379 e. The fraction of sp³-hybridized carbons (Fsp3) is 1.00. The summed E-state index contributed by atoms with van der Waals surface area (Å²) in [7, 11) is 0. The maximum atomic E-state index is 12.5. The average Bonchev–Trinajstić information content (AvgIpc) is 2.64. The molecule has 0 aromatic carbocycles. The summed E-state index contributed by atoms with van der Waals surface area (Å²) in [6, 6.07) is 0. The molecule has 2 aliphatic rings. The normalized spacial score (nSPS) is 33.2. The molecule has 100 valence electrons. The second-order valence-electron chi connectivity index (χ2n) is 5.26. The fourth-order valence-corrected chi connectivity index (χ4v) is 2.61. The Hall–Kier alpha value is -0.330. The van der Waals surface area contributed by atoms with Crippen LogP contribution in [0.1, 0.15) is 19.3 Å². The summed E-state index contributed by atoms with van der Waals surface area (Å²) in [5.41, 5.74) is 5.77. The third-order valence-electron chi connectivity index (χ3n) is 3.72. The van der Waals surface area contributed by atoms with Crippen LogP contribution in [0.4, 0.5) is 13.2 Å². The zero-order chi connectivity index (χ0) is 12.5. The highest BCUT2D eigenvalue weighted by Gasteiger charge is 2.42. The van der Waals surface area contributed by atoms with Gasteiger partial charge in [0.05, 0.1) is 18.1 Å². The molecule has 6 heteroatoms. The van der Waals surface area contributed by atoms with Gasteiger partial charge in [-0.25, -0.2) is 0 Å². The van der Waals surface area contributed by atoms with Gasteiger partial charge in [0.25, 0.3) is 0 Å². The van der Waals surface area contributed by atoms with Crippen molar-refractivity contribution in [3.05, 3.63) is 0 Å². The molecular formula is C11H19F3N2O. The minimum atomic E-state index is -4.04. The van der Waals surface area contributed by atoms with E-state index in [2.05, 4.69) is 0 Å². The summed E-state index contributed by atoms with van der Waals surface area (Å²) in [5.74, 6) is -1.13. The topological polar surface area (TPSA) is 38.5 Å². The van der Waals surface area contributed by atoms with E-state index in [9.17, 15) is 13.2 Å². The van der Waals surface area contributed by atoms with Gasteiger partial charge < -0.3 is 15.4 Å². The molecule has 2 fully saturated rings. The van der Waals surface area contributed by atoms with Crippen LogP contribution in [0.25, 0.3) is 0 Å². The predicted molar refractivity (Wildman–Crippen MR) is 57.6 cm³/mol. The van der Waals surface area contributed by atoms with Gasteiger partial charge in [0.1, 0.15) is 0 Å². The third-order valence-corrected chi connectivity index (χ3v) is 3.72. The number of rotatable bonds is 2. The van der Waals surface area contributed by atoms with Crippen LogP contribution in [0, 0.1) is 5.92 Å². The van der Waals surface area contributed by atoms with Crippen LogP contribution in [-0.2, 0) is 4.74 Å². The molecular weight excluding hydrogens is 233 g/mol. The van der Waals surface area contributed by atoms with Crippen molar-refractivity contribution < 1.29 is 17.9 Å². The quantitative estimate of drug-likeness (QED) is 0.807. The number of hydrogen-bond donors (Lipinski definition) is 1. The summed E-state index contributed by atoms with van der Waals surface area (Å²) in [6.45, 7) is 2.81. The molecule has 2 saturated heterocycles. The Labute approximate surface area is 99.1 Å². The standard InChI is InChI=1S/C11H19F3N2O/c12-11(13,14)9-1-4-16(5-2-9)7-10(15)3-6-17-8-10/h9H,1-8,15H2. The highest BCUT2D eigenvalue weighted by atomic mass is 19.4. The van der Waals surface area contributed by atoms with Gasteiger partial charge in [-0.3, -0.25) is 0 Å². The van der Waals surface area contributed by atoms with Crippen molar-refractivity contribution in [1.82, 2.24) is 4.90 Å². The van der Waals surface area contributed by atoms with Crippen molar-refractivity contribution in [2.45, 2.75) is 31.0 Å². The van der Waals surface area contributed by atoms with E-state index in [0.717, 1.165) is 6.42 Å². The largest absolute Gasteiger partial charge is 0.391 e. The maximum absolute atomic E-state index is 12.5. The van der Waals surface area contributed by atoms with Crippen molar-refractivity contribution in [3.8, 4) is 0 Å². The lowest BCUT2D eigenvalue weighted by Crippen LogP contribution is -2.53. The first-order valence-corrected chi connectivity index (χ1v) is 6.05. The highest BCUT2D eigenvalue weighted by molar-refractivity contribution is 4.92. The van der Waals surface area contributed by atoms with E-state index in [1.54, 1.807) is 0 Å². The zero-order valence-corrected chi connectivity index (χ0v) is 9.80. The first kappa shape index (κ1) is 13.1. The summed E-state index contributed by atoms with van der Waals surface area (Å²) in [4.78, 5) is 2.04. The maximum Gasteiger partial charge on any atom is 0.391 e. The van der Waals surface area contributed by atoms with E-state index in [0.29, 0.717) is 32.8 Å². The summed E-state index contributed by atoms with van der Waals surface area (Å²) in [6.07, 6.45) is -2.85. The molecule has 2 rings (SSSR count). The molecule has 2 aliphatic heterocycles. The third kappa shape index (κ3) is 3.33. The van der Waals surface area contributed by atoms with Crippen LogP contribution in [0.5, 0.6) is 0 Å². The number of halogens is 3. The first-order valence-electron chi connectivity index (χ1n) is 6.05. The number of piperidine rings is 1. The summed E-state index contributed by atoms with van der Waals surface area (Å²) in [5, 5.41) is 0. The lowest BCUT2D eigenvalue weighted by Gasteiger charge is -2.37. The van der Waals surface area contributed by atoms with Crippen LogP contribution in [-0.4, -0.2) is 49.5 Å². The van der Waals surface area contributed by atoms with Gasteiger partial charge >= 0.3 is 6.18 Å². The monoisotopic (exact) mass is 252 g/mol. The molecule has 2 N–H and O–H groups in total. The van der Waals surface area contributed by atoms with Gasteiger partial charge in [-0.15, -0.1) is 0 Å². The zero-order valence-electron chi connectivity index (χ0n) is 9.80. The Balaban J connectivity index is 1.79. The van der Waals surface area contributed by atoms with Gasteiger partial charge in [0.15, 0.2) is 0 Å². The number of alkyl halides is 3. The van der Waals surface area contributed by atoms with Gasteiger partial charge in [-0.1, -0.05) is 0 Å². The Kier molecular flexibility index (Phi) is 3.66. The average molecular weight is 252 g/mol. The summed E-state index contributed by atoms with van der Waals surface area (Å²) >= 11 is 0. The minimum absolute atomic E-state index is 0.195. The number of nitrogens with zero attached hydrogens (tertiary/aromatic N) is 1. The van der Waals surface area contributed by atoms with Gasteiger partial charge in [0.2, 0.25) is 0 Å². The summed E-state index contributed by atoms with van der Waals surface area (Å²) < 4.78 is 42.7. The molecule has 0 aromatic rings. The number of ether oxygens (including phenoxy) is 1. The SMILES string of the molecule is NC1(CN2CCC(C(F)(F)F)CC2)CCOC1. The van der Waals surface area contributed by atoms with Crippen molar-refractivity contribution in [2.24, 2.45) is 11.7 Å². The highest BCUT2D eigenvalue weighted by Crippen LogP contribution is 2.34. The van der Waals surface area contributed by atoms with E-state index < -0.39 is 12.1 Å². The van der Waals surface area contributed by atoms with E-state index in [1.807, 2.05) is 4.90 Å². The molecule has 0 spiro atoms. The molecule has 3 nitrogen and oxygen atoms in total. The van der Waals surface area contributed by atoms with Crippen molar-refractivity contribution in [2.75, 3.05) is 32.8 Å². The van der Waals surface area contributed by atoms with Crippen molar-refractivity contribution in [1.29, 1.82) is 0 Å². The molecule has 1 atom stereocenters. The molecule has 0 saturated carbocycles. The number of nitrogens with two attached hydrogens (primary N) is 1. The van der Waals surface area contributed by atoms with Crippen LogP contribution in [0.15, 0.2) is 0 Å². The van der Waals surface area contributed by atoms with Gasteiger partial charge in [-0.2, -0.15) is 13.2 Å². The van der Waals surface area contributed by atoms with Gasteiger partial charge in [0, 0.05) is 13.2 Å². The fourth-order valence-electron chi connectivity index (χ4n) is 2.61. The number of hydrogen-bond acceptors (Lipinski definition) is 3. The minimum Gasteiger partial charge on any atom is -0.379 e.